The average Bonchev–Trinajstić information content (AvgIpc) is 2.68. The Balaban J connectivity index is 1.94. The van der Waals surface area contributed by atoms with Gasteiger partial charge in [-0.15, -0.1) is 0 Å². The zero-order valence-electron chi connectivity index (χ0n) is 16.4. The molecule has 0 bridgehead atoms. The zero-order valence-corrected chi connectivity index (χ0v) is 17.9. The van der Waals surface area contributed by atoms with Crippen LogP contribution in [-0.2, 0) is 4.79 Å². The summed E-state index contributed by atoms with van der Waals surface area (Å²) in [4.78, 5) is 25.1. The maximum Gasteiger partial charge on any atom is 0.253 e. The molecule has 2 aromatic rings. The molecular weight excluding hydrogens is 430 g/mol. The molecule has 6 nitrogen and oxygen atoms in total. The molecule has 0 fully saturated rings. The van der Waals surface area contributed by atoms with E-state index in [1.54, 1.807) is 32.0 Å². The summed E-state index contributed by atoms with van der Waals surface area (Å²) in [6.45, 7) is 4.09. The molecule has 2 rings (SSSR count). The van der Waals surface area contributed by atoms with E-state index in [-0.39, 0.29) is 41.1 Å². The Labute approximate surface area is 184 Å². The van der Waals surface area contributed by atoms with Crippen LogP contribution in [0.2, 0.25) is 10.0 Å². The maximum absolute atomic E-state index is 13.6. The number of halogens is 3. The monoisotopic (exact) mass is 450 g/mol. The van der Waals surface area contributed by atoms with Crippen LogP contribution >= 0.6 is 23.2 Å². The van der Waals surface area contributed by atoms with Gasteiger partial charge in [0.25, 0.3) is 5.91 Å². The first-order valence-corrected chi connectivity index (χ1v) is 9.96. The topological polar surface area (TPSA) is 94.0 Å². The van der Waals surface area contributed by atoms with Crippen LogP contribution < -0.4 is 16.0 Å². The quantitative estimate of drug-likeness (QED) is 0.530. The fourth-order valence-electron chi connectivity index (χ4n) is 2.71. The molecule has 3 N–H and O–H groups in total. The van der Waals surface area contributed by atoms with Crippen molar-refractivity contribution in [3.63, 3.8) is 0 Å². The first-order valence-electron chi connectivity index (χ1n) is 9.20. The molecular formula is C21H21Cl2FN4O2. The number of anilines is 1. The summed E-state index contributed by atoms with van der Waals surface area (Å²) in [5, 5.41) is 17.9. The predicted octanol–water partition coefficient (Wildman–Crippen LogP) is 3.99. The van der Waals surface area contributed by atoms with Crippen LogP contribution in [0, 0.1) is 23.1 Å². The van der Waals surface area contributed by atoms with Gasteiger partial charge in [0.15, 0.2) is 0 Å². The van der Waals surface area contributed by atoms with Gasteiger partial charge in [0.05, 0.1) is 16.3 Å². The van der Waals surface area contributed by atoms with Gasteiger partial charge in [-0.2, -0.15) is 5.26 Å². The highest BCUT2D eigenvalue weighted by Crippen LogP contribution is 2.21. The van der Waals surface area contributed by atoms with Crippen molar-refractivity contribution < 1.29 is 14.0 Å². The summed E-state index contributed by atoms with van der Waals surface area (Å²) >= 11 is 11.9. The molecule has 158 valence electrons. The van der Waals surface area contributed by atoms with E-state index in [4.69, 9.17) is 28.5 Å². The Bertz CT molecular complexity index is 976. The van der Waals surface area contributed by atoms with Gasteiger partial charge in [-0.1, -0.05) is 43.1 Å². The van der Waals surface area contributed by atoms with E-state index in [1.165, 1.54) is 24.3 Å². The second-order valence-corrected chi connectivity index (χ2v) is 7.65. The molecule has 1 unspecified atom stereocenters. The van der Waals surface area contributed by atoms with E-state index in [2.05, 4.69) is 16.0 Å². The van der Waals surface area contributed by atoms with Crippen molar-refractivity contribution >= 4 is 40.7 Å². The molecule has 0 radical (unpaired) electrons. The van der Waals surface area contributed by atoms with Crippen LogP contribution in [0.15, 0.2) is 36.4 Å². The van der Waals surface area contributed by atoms with Gasteiger partial charge in [0.2, 0.25) is 5.91 Å². The van der Waals surface area contributed by atoms with Crippen LogP contribution in [0.1, 0.15) is 29.8 Å². The number of hydrogen-bond donors (Lipinski definition) is 3. The molecule has 0 aliphatic rings. The van der Waals surface area contributed by atoms with Gasteiger partial charge >= 0.3 is 0 Å². The average molecular weight is 451 g/mol. The van der Waals surface area contributed by atoms with Crippen molar-refractivity contribution in [1.29, 1.82) is 5.26 Å². The molecule has 2 aromatic carbocycles. The second-order valence-electron chi connectivity index (χ2n) is 6.81. The highest BCUT2D eigenvalue weighted by atomic mass is 35.5. The van der Waals surface area contributed by atoms with E-state index in [0.717, 1.165) is 0 Å². The molecule has 0 aliphatic carbocycles. The summed E-state index contributed by atoms with van der Waals surface area (Å²) in [7, 11) is 0. The van der Waals surface area contributed by atoms with Crippen LogP contribution in [0.3, 0.4) is 0 Å². The number of rotatable bonds is 8. The van der Waals surface area contributed by atoms with E-state index < -0.39 is 17.8 Å². The number of benzene rings is 2. The fraction of sp³-hybridized carbons (Fsp3) is 0.286. The third-order valence-corrected chi connectivity index (χ3v) is 4.82. The predicted molar refractivity (Wildman–Crippen MR) is 115 cm³/mol. The van der Waals surface area contributed by atoms with Crippen LogP contribution in [0.25, 0.3) is 0 Å². The minimum Gasteiger partial charge on any atom is -0.382 e. The lowest BCUT2D eigenvalue weighted by Crippen LogP contribution is -2.50. The Kier molecular flexibility index (Phi) is 8.46. The number of amides is 2. The summed E-state index contributed by atoms with van der Waals surface area (Å²) in [5.74, 6) is -1.65. The summed E-state index contributed by atoms with van der Waals surface area (Å²) in [6, 6.07) is 9.78. The summed E-state index contributed by atoms with van der Waals surface area (Å²) < 4.78 is 13.6. The SMILES string of the molecule is CC(C)C(NC(=O)c1ccc(Cl)cc1Cl)C(=O)NCCNc1cccc(F)c1C#N. The minimum absolute atomic E-state index is 0.0870. The Hall–Kier alpha value is -2.82. The molecule has 2 amide bonds. The first kappa shape index (κ1) is 23.5. The normalized spacial score (nSPS) is 11.5. The van der Waals surface area contributed by atoms with Gasteiger partial charge < -0.3 is 16.0 Å². The van der Waals surface area contributed by atoms with Crippen molar-refractivity contribution in [2.24, 2.45) is 5.92 Å². The fourth-order valence-corrected chi connectivity index (χ4v) is 3.20. The van der Waals surface area contributed by atoms with E-state index in [1.807, 2.05) is 0 Å². The molecule has 0 saturated heterocycles. The van der Waals surface area contributed by atoms with Gasteiger partial charge in [-0.3, -0.25) is 9.59 Å². The van der Waals surface area contributed by atoms with Gasteiger partial charge in [0, 0.05) is 18.1 Å². The smallest absolute Gasteiger partial charge is 0.253 e. The number of hydrogen-bond acceptors (Lipinski definition) is 4. The van der Waals surface area contributed by atoms with Crippen LogP contribution in [0.4, 0.5) is 10.1 Å². The highest BCUT2D eigenvalue weighted by molar-refractivity contribution is 6.36. The third-order valence-electron chi connectivity index (χ3n) is 4.28. The summed E-state index contributed by atoms with van der Waals surface area (Å²) in [6.07, 6.45) is 0. The lowest BCUT2D eigenvalue weighted by molar-refractivity contribution is -0.123. The number of nitrogens with one attached hydrogen (secondary N) is 3. The van der Waals surface area contributed by atoms with Crippen molar-refractivity contribution in [1.82, 2.24) is 10.6 Å². The highest BCUT2D eigenvalue weighted by Gasteiger charge is 2.25. The number of carbonyl (C=O) groups excluding carboxylic acids is 2. The molecule has 30 heavy (non-hydrogen) atoms. The van der Waals surface area contributed by atoms with E-state index in [9.17, 15) is 14.0 Å². The van der Waals surface area contributed by atoms with Crippen LogP contribution in [0.5, 0.6) is 0 Å². The third kappa shape index (κ3) is 6.09. The van der Waals surface area contributed by atoms with Gasteiger partial charge in [-0.25, -0.2) is 4.39 Å². The van der Waals surface area contributed by atoms with Crippen molar-refractivity contribution in [3.05, 3.63) is 63.4 Å². The first-order chi connectivity index (χ1) is 14.2. The van der Waals surface area contributed by atoms with Gasteiger partial charge in [-0.05, 0) is 36.2 Å². The Morgan fingerprint density at radius 2 is 1.90 bits per heavy atom. The van der Waals surface area contributed by atoms with E-state index >= 15 is 0 Å². The van der Waals surface area contributed by atoms with Crippen molar-refractivity contribution in [3.8, 4) is 6.07 Å². The van der Waals surface area contributed by atoms with Gasteiger partial charge in [0.1, 0.15) is 23.5 Å². The van der Waals surface area contributed by atoms with E-state index in [0.29, 0.717) is 10.7 Å². The molecule has 9 heteroatoms. The second kappa shape index (κ2) is 10.8. The Morgan fingerprint density at radius 1 is 1.17 bits per heavy atom. The minimum atomic E-state index is -0.784. The number of nitriles is 1. The Morgan fingerprint density at radius 3 is 2.53 bits per heavy atom. The molecule has 1 atom stereocenters. The lowest BCUT2D eigenvalue weighted by Gasteiger charge is -2.22. The number of nitrogens with zero attached hydrogens (tertiary/aromatic N) is 1. The lowest BCUT2D eigenvalue weighted by atomic mass is 10.0. The largest absolute Gasteiger partial charge is 0.382 e. The molecule has 0 heterocycles. The number of carbonyl (C=O) groups is 2. The molecule has 0 saturated carbocycles. The molecule has 0 aromatic heterocycles. The van der Waals surface area contributed by atoms with Crippen LogP contribution in [-0.4, -0.2) is 30.9 Å². The van der Waals surface area contributed by atoms with Crippen molar-refractivity contribution in [2.75, 3.05) is 18.4 Å². The molecule has 0 aliphatic heterocycles. The summed E-state index contributed by atoms with van der Waals surface area (Å²) in [5.41, 5.74) is 0.477. The standard InChI is InChI=1S/C21H21Cl2FN4O2/c1-12(2)19(28-20(29)14-7-6-13(22)10-16(14)23)21(30)27-9-8-26-18-5-3-4-17(24)15(18)11-25/h3-7,10,12,19,26H,8-9H2,1-2H3,(H,27,30)(H,28,29). The molecule has 0 spiro atoms. The maximum atomic E-state index is 13.6. The zero-order chi connectivity index (χ0) is 22.3. The van der Waals surface area contributed by atoms with Crippen molar-refractivity contribution in [2.45, 2.75) is 19.9 Å².